The molecule has 3 nitrogen and oxygen atoms in total. The van der Waals surface area contributed by atoms with E-state index in [1.54, 1.807) is 11.8 Å². The molecule has 17 heavy (non-hydrogen) atoms. The molecule has 0 spiro atoms. The highest BCUT2D eigenvalue weighted by Gasteiger charge is 2.48. The summed E-state index contributed by atoms with van der Waals surface area (Å²) in [4.78, 5) is 0. The van der Waals surface area contributed by atoms with Crippen molar-refractivity contribution in [3.05, 3.63) is 0 Å². The van der Waals surface area contributed by atoms with Crippen LogP contribution >= 0.6 is 24.0 Å². The Morgan fingerprint density at radius 3 is 1.76 bits per heavy atom. The Hall–Kier alpha value is 0.537. The molecule has 0 radical (unpaired) electrons. The molecule has 0 aliphatic rings. The quantitative estimate of drug-likeness (QED) is 0.479. The highest BCUT2D eigenvalue weighted by Crippen LogP contribution is 2.31. The average Bonchev–Trinajstić information content (AvgIpc) is 2.29. The molecular weight excluding hydrogens is 272 g/mol. The number of rotatable bonds is 9. The lowest BCUT2D eigenvalue weighted by Crippen LogP contribution is -2.51. The van der Waals surface area contributed by atoms with Crippen molar-refractivity contribution in [2.24, 2.45) is 0 Å². The molecule has 0 aliphatic carbocycles. The van der Waals surface area contributed by atoms with Gasteiger partial charge in [0.05, 0.1) is 9.74 Å². The molecule has 0 fully saturated rings. The van der Waals surface area contributed by atoms with E-state index in [1.807, 2.05) is 20.8 Å². The lowest BCUT2D eigenvalue weighted by atomic mass is 10.5. The van der Waals surface area contributed by atoms with Gasteiger partial charge in [-0.3, -0.25) is 0 Å². The number of thiocarbonyl (C=S) groups is 1. The van der Waals surface area contributed by atoms with Crippen LogP contribution in [0.5, 0.6) is 0 Å². The van der Waals surface area contributed by atoms with Gasteiger partial charge < -0.3 is 13.3 Å². The van der Waals surface area contributed by atoms with Crippen LogP contribution in [0.4, 0.5) is 0 Å². The molecule has 0 bridgehead atoms. The van der Waals surface area contributed by atoms with Gasteiger partial charge in [0.2, 0.25) is 0 Å². The van der Waals surface area contributed by atoms with Crippen molar-refractivity contribution in [3.63, 3.8) is 0 Å². The zero-order valence-corrected chi connectivity index (χ0v) is 14.1. The third kappa shape index (κ3) is 5.36. The van der Waals surface area contributed by atoms with E-state index >= 15 is 0 Å². The van der Waals surface area contributed by atoms with Crippen molar-refractivity contribution in [2.45, 2.75) is 40.2 Å². The smallest absolute Gasteiger partial charge is 0.373 e. The van der Waals surface area contributed by atoms with Crippen LogP contribution in [-0.2, 0) is 13.3 Å². The van der Waals surface area contributed by atoms with Crippen molar-refractivity contribution in [3.8, 4) is 0 Å². The van der Waals surface area contributed by atoms with Crippen LogP contribution in [0.2, 0.25) is 5.54 Å². The predicted molar refractivity (Wildman–Crippen MR) is 80.8 cm³/mol. The maximum Gasteiger partial charge on any atom is 0.509 e. The van der Waals surface area contributed by atoms with E-state index in [9.17, 15) is 0 Å². The van der Waals surface area contributed by atoms with Gasteiger partial charge in [0.1, 0.15) is 0 Å². The second-order valence-corrected chi connectivity index (χ2v) is 8.32. The van der Waals surface area contributed by atoms with Crippen LogP contribution in [0.1, 0.15) is 34.6 Å². The van der Waals surface area contributed by atoms with E-state index < -0.39 is 8.80 Å². The molecule has 1 unspecified atom stereocenters. The SMILES string of the molecule is CCO[Si](OCC)(OCC)C(C)C(=S)SCC. The number of hydrogen-bond donors (Lipinski definition) is 0. The molecule has 0 amide bonds. The standard InChI is InChI=1S/C11H24O3S2Si/c1-6-12-17(13-7-2,14-8-3)10(5)11(15)16-9-4/h10H,6-9H2,1-5H3. The summed E-state index contributed by atoms with van der Waals surface area (Å²) in [6.45, 7) is 11.8. The Morgan fingerprint density at radius 1 is 1.06 bits per heavy atom. The second kappa shape index (κ2) is 9.46. The minimum absolute atomic E-state index is 0.0577. The first kappa shape index (κ1) is 17.5. The van der Waals surface area contributed by atoms with E-state index in [4.69, 9.17) is 25.5 Å². The first-order valence-electron chi connectivity index (χ1n) is 6.16. The normalized spacial score (nSPS) is 13.7. The average molecular weight is 297 g/mol. The Balaban J connectivity index is 4.88. The number of hydrogen-bond acceptors (Lipinski definition) is 5. The Labute approximate surface area is 116 Å². The molecular formula is C11H24O3S2Si. The van der Waals surface area contributed by atoms with Crippen LogP contribution in [0.3, 0.4) is 0 Å². The summed E-state index contributed by atoms with van der Waals surface area (Å²) in [6.07, 6.45) is 0. The van der Waals surface area contributed by atoms with E-state index in [2.05, 4.69) is 13.8 Å². The minimum atomic E-state index is -2.66. The molecule has 0 aromatic rings. The van der Waals surface area contributed by atoms with Crippen molar-refractivity contribution >= 4 is 37.0 Å². The van der Waals surface area contributed by atoms with Crippen molar-refractivity contribution in [2.75, 3.05) is 25.6 Å². The molecule has 0 aliphatic heterocycles. The summed E-state index contributed by atoms with van der Waals surface area (Å²) < 4.78 is 18.4. The van der Waals surface area contributed by atoms with Gasteiger partial charge in [0, 0.05) is 19.8 Å². The van der Waals surface area contributed by atoms with Crippen LogP contribution in [0.15, 0.2) is 0 Å². The summed E-state index contributed by atoms with van der Waals surface area (Å²) >= 11 is 7.09. The fourth-order valence-corrected chi connectivity index (χ4v) is 6.02. The Bertz CT molecular complexity index is 210. The van der Waals surface area contributed by atoms with E-state index in [-0.39, 0.29) is 5.54 Å². The first-order valence-corrected chi connectivity index (χ1v) is 9.35. The lowest BCUT2D eigenvalue weighted by Gasteiger charge is -2.33. The van der Waals surface area contributed by atoms with Gasteiger partial charge in [-0.15, -0.1) is 11.8 Å². The first-order chi connectivity index (χ1) is 8.07. The Kier molecular flexibility index (Phi) is 9.76. The van der Waals surface area contributed by atoms with E-state index in [0.717, 1.165) is 9.95 Å². The monoisotopic (exact) mass is 296 g/mol. The molecule has 0 saturated heterocycles. The summed E-state index contributed by atoms with van der Waals surface area (Å²) in [6, 6.07) is 0. The fourth-order valence-electron chi connectivity index (χ4n) is 1.52. The highest BCUT2D eigenvalue weighted by molar-refractivity contribution is 8.23. The largest absolute Gasteiger partial charge is 0.509 e. The fraction of sp³-hybridized carbons (Fsp3) is 0.909. The summed E-state index contributed by atoms with van der Waals surface area (Å²) in [5.41, 5.74) is 0.0577. The van der Waals surface area contributed by atoms with Crippen molar-refractivity contribution in [1.29, 1.82) is 0 Å². The summed E-state index contributed by atoms with van der Waals surface area (Å²) in [5.74, 6) is 0.970. The van der Waals surface area contributed by atoms with Crippen molar-refractivity contribution in [1.82, 2.24) is 0 Å². The van der Waals surface area contributed by atoms with Gasteiger partial charge in [-0.2, -0.15) is 0 Å². The van der Waals surface area contributed by atoms with Crippen molar-refractivity contribution < 1.29 is 13.3 Å². The van der Waals surface area contributed by atoms with Gasteiger partial charge in [-0.1, -0.05) is 26.1 Å². The van der Waals surface area contributed by atoms with Gasteiger partial charge in [0.25, 0.3) is 0 Å². The maximum absolute atomic E-state index is 5.83. The zero-order chi connectivity index (χ0) is 13.3. The lowest BCUT2D eigenvalue weighted by molar-refractivity contribution is 0.0687. The van der Waals surface area contributed by atoms with E-state index in [0.29, 0.717) is 19.8 Å². The van der Waals surface area contributed by atoms with Crippen LogP contribution in [0, 0.1) is 0 Å². The maximum atomic E-state index is 5.83. The van der Waals surface area contributed by atoms with Crippen LogP contribution < -0.4 is 0 Å². The molecule has 0 aromatic heterocycles. The van der Waals surface area contributed by atoms with Gasteiger partial charge >= 0.3 is 8.80 Å². The molecule has 0 rings (SSSR count). The molecule has 0 N–H and O–H groups in total. The number of thioether (sulfide) groups is 1. The highest BCUT2D eigenvalue weighted by atomic mass is 32.2. The molecule has 0 heterocycles. The Morgan fingerprint density at radius 2 is 1.47 bits per heavy atom. The molecule has 1 atom stereocenters. The second-order valence-electron chi connectivity index (χ2n) is 3.38. The van der Waals surface area contributed by atoms with Crippen LogP contribution in [0.25, 0.3) is 0 Å². The van der Waals surface area contributed by atoms with Gasteiger partial charge in [-0.05, 0) is 26.5 Å². The summed E-state index contributed by atoms with van der Waals surface area (Å²) in [5, 5.41) is 0. The van der Waals surface area contributed by atoms with Crippen LogP contribution in [-0.4, -0.2) is 38.6 Å². The zero-order valence-electron chi connectivity index (χ0n) is 11.4. The predicted octanol–water partition coefficient (Wildman–Crippen LogP) is 3.51. The third-order valence-corrected chi connectivity index (χ3v) is 7.68. The van der Waals surface area contributed by atoms with E-state index in [1.165, 1.54) is 0 Å². The van der Waals surface area contributed by atoms with Gasteiger partial charge in [0.15, 0.2) is 0 Å². The molecule has 0 aromatic carbocycles. The minimum Gasteiger partial charge on any atom is -0.373 e. The molecule has 6 heteroatoms. The molecule has 0 saturated carbocycles. The molecule has 102 valence electrons. The third-order valence-electron chi connectivity index (χ3n) is 2.21. The summed E-state index contributed by atoms with van der Waals surface area (Å²) in [7, 11) is -2.66. The van der Waals surface area contributed by atoms with Gasteiger partial charge in [-0.25, -0.2) is 0 Å². The topological polar surface area (TPSA) is 27.7 Å².